The smallest absolute Gasteiger partial charge is 0.0705 e. The summed E-state index contributed by atoms with van der Waals surface area (Å²) in [5.41, 5.74) is 2.48. The molecule has 0 saturated carbocycles. The standard InChI is InChI=1S/C18H26N2/c1-4-6-9-14(5-2)18(19-3)16-10-7-12-17-15(16)11-8-13-20-17/h7-8,10-14,18-19H,4-6,9H2,1-3H3. The van der Waals surface area contributed by atoms with Gasteiger partial charge in [0.15, 0.2) is 0 Å². The Hall–Kier alpha value is -1.41. The minimum Gasteiger partial charge on any atom is -0.313 e. The molecule has 1 heterocycles. The number of unbranched alkanes of at least 4 members (excludes halogenated alkanes) is 1. The topological polar surface area (TPSA) is 24.9 Å². The Morgan fingerprint density at radius 3 is 2.70 bits per heavy atom. The van der Waals surface area contributed by atoms with E-state index in [0.717, 1.165) is 5.52 Å². The van der Waals surface area contributed by atoms with Crippen LogP contribution in [0, 0.1) is 5.92 Å². The Bertz CT molecular complexity index is 530. The van der Waals surface area contributed by atoms with Crippen LogP contribution >= 0.6 is 0 Å². The molecule has 2 aromatic rings. The van der Waals surface area contributed by atoms with Crippen molar-refractivity contribution in [3.05, 3.63) is 42.1 Å². The van der Waals surface area contributed by atoms with Gasteiger partial charge in [0.1, 0.15) is 0 Å². The molecule has 108 valence electrons. The predicted octanol–water partition coefficient (Wildman–Crippen LogP) is 4.71. The monoisotopic (exact) mass is 270 g/mol. The molecule has 20 heavy (non-hydrogen) atoms. The quantitative estimate of drug-likeness (QED) is 0.788. The fraction of sp³-hybridized carbons (Fsp3) is 0.500. The molecule has 0 aliphatic rings. The van der Waals surface area contributed by atoms with E-state index < -0.39 is 0 Å². The zero-order valence-electron chi connectivity index (χ0n) is 12.9. The Balaban J connectivity index is 2.37. The summed E-state index contributed by atoms with van der Waals surface area (Å²) in [6.07, 6.45) is 6.94. The first-order chi connectivity index (χ1) is 9.81. The third-order valence-electron chi connectivity index (χ3n) is 4.25. The Labute approximate surface area is 122 Å². The van der Waals surface area contributed by atoms with Crippen molar-refractivity contribution in [1.82, 2.24) is 10.3 Å². The maximum Gasteiger partial charge on any atom is 0.0705 e. The van der Waals surface area contributed by atoms with E-state index in [9.17, 15) is 0 Å². The van der Waals surface area contributed by atoms with E-state index in [0.29, 0.717) is 12.0 Å². The number of nitrogens with zero attached hydrogens (tertiary/aromatic N) is 1. The minimum atomic E-state index is 0.416. The molecule has 0 amide bonds. The largest absolute Gasteiger partial charge is 0.313 e. The molecule has 2 atom stereocenters. The van der Waals surface area contributed by atoms with Crippen LogP contribution in [0.3, 0.4) is 0 Å². The van der Waals surface area contributed by atoms with Crippen LogP contribution in [0.4, 0.5) is 0 Å². The Morgan fingerprint density at radius 2 is 2.00 bits per heavy atom. The van der Waals surface area contributed by atoms with E-state index in [1.807, 2.05) is 12.3 Å². The van der Waals surface area contributed by atoms with Crippen LogP contribution in [0.5, 0.6) is 0 Å². The average molecular weight is 270 g/mol. The van der Waals surface area contributed by atoms with E-state index >= 15 is 0 Å². The molecular formula is C18H26N2. The van der Waals surface area contributed by atoms with Crippen molar-refractivity contribution in [2.24, 2.45) is 5.92 Å². The lowest BCUT2D eigenvalue weighted by Crippen LogP contribution is -2.25. The van der Waals surface area contributed by atoms with Gasteiger partial charge in [-0.05, 0) is 37.1 Å². The number of aromatic nitrogens is 1. The lowest BCUT2D eigenvalue weighted by molar-refractivity contribution is 0.340. The molecule has 0 radical (unpaired) electrons. The second-order valence-electron chi connectivity index (χ2n) is 5.49. The first kappa shape index (κ1) is 15.0. The first-order valence-corrected chi connectivity index (χ1v) is 7.82. The second-order valence-corrected chi connectivity index (χ2v) is 5.49. The third kappa shape index (κ3) is 3.18. The SMILES string of the molecule is CCCCC(CC)C(NC)c1cccc2ncccc12. The van der Waals surface area contributed by atoms with Crippen molar-refractivity contribution in [1.29, 1.82) is 0 Å². The maximum atomic E-state index is 4.48. The molecule has 2 heteroatoms. The molecule has 0 bridgehead atoms. The summed E-state index contributed by atoms with van der Waals surface area (Å²) >= 11 is 0. The summed E-state index contributed by atoms with van der Waals surface area (Å²) in [6, 6.07) is 11.1. The van der Waals surface area contributed by atoms with Crippen LogP contribution in [-0.4, -0.2) is 12.0 Å². The molecule has 1 aromatic heterocycles. The van der Waals surface area contributed by atoms with Gasteiger partial charge in [0, 0.05) is 17.6 Å². The number of hydrogen-bond donors (Lipinski definition) is 1. The molecule has 0 saturated heterocycles. The van der Waals surface area contributed by atoms with E-state index in [-0.39, 0.29) is 0 Å². The zero-order chi connectivity index (χ0) is 14.4. The van der Waals surface area contributed by atoms with Crippen molar-refractivity contribution >= 4 is 10.9 Å². The van der Waals surface area contributed by atoms with Crippen LogP contribution in [0.15, 0.2) is 36.5 Å². The highest BCUT2D eigenvalue weighted by molar-refractivity contribution is 5.82. The van der Waals surface area contributed by atoms with Gasteiger partial charge in [-0.1, -0.05) is 51.3 Å². The Kier molecular flexibility index (Phi) is 5.54. The summed E-state index contributed by atoms with van der Waals surface area (Å²) in [6.45, 7) is 4.57. The number of rotatable bonds is 7. The van der Waals surface area contributed by atoms with Gasteiger partial charge in [0.25, 0.3) is 0 Å². The van der Waals surface area contributed by atoms with E-state index in [1.165, 1.54) is 36.6 Å². The highest BCUT2D eigenvalue weighted by Crippen LogP contribution is 2.32. The molecule has 2 rings (SSSR count). The molecule has 2 nitrogen and oxygen atoms in total. The fourth-order valence-corrected chi connectivity index (χ4v) is 3.12. The minimum absolute atomic E-state index is 0.416. The second kappa shape index (κ2) is 7.39. The molecule has 0 aliphatic carbocycles. The van der Waals surface area contributed by atoms with Gasteiger partial charge in [-0.25, -0.2) is 0 Å². The summed E-state index contributed by atoms with van der Waals surface area (Å²) in [7, 11) is 2.08. The number of benzene rings is 1. The van der Waals surface area contributed by atoms with E-state index in [2.05, 4.69) is 55.5 Å². The lowest BCUT2D eigenvalue weighted by atomic mass is 9.85. The van der Waals surface area contributed by atoms with Crippen LogP contribution in [0.2, 0.25) is 0 Å². The number of hydrogen-bond acceptors (Lipinski definition) is 2. The summed E-state index contributed by atoms with van der Waals surface area (Å²) < 4.78 is 0. The molecule has 0 fully saturated rings. The van der Waals surface area contributed by atoms with Gasteiger partial charge in [-0.3, -0.25) is 4.98 Å². The van der Waals surface area contributed by atoms with Crippen molar-refractivity contribution in [3.8, 4) is 0 Å². The van der Waals surface area contributed by atoms with Gasteiger partial charge in [0.2, 0.25) is 0 Å². The molecule has 1 aromatic carbocycles. The number of nitrogens with one attached hydrogen (secondary N) is 1. The van der Waals surface area contributed by atoms with Gasteiger partial charge >= 0.3 is 0 Å². The summed E-state index contributed by atoms with van der Waals surface area (Å²) in [5, 5.41) is 4.82. The van der Waals surface area contributed by atoms with Crippen molar-refractivity contribution in [3.63, 3.8) is 0 Å². The fourth-order valence-electron chi connectivity index (χ4n) is 3.12. The Morgan fingerprint density at radius 1 is 1.15 bits per heavy atom. The molecular weight excluding hydrogens is 244 g/mol. The van der Waals surface area contributed by atoms with Crippen LogP contribution in [-0.2, 0) is 0 Å². The molecule has 0 aliphatic heterocycles. The molecule has 1 N–H and O–H groups in total. The molecule has 0 spiro atoms. The first-order valence-electron chi connectivity index (χ1n) is 7.82. The summed E-state index contributed by atoms with van der Waals surface area (Å²) in [4.78, 5) is 4.48. The van der Waals surface area contributed by atoms with E-state index in [1.54, 1.807) is 0 Å². The van der Waals surface area contributed by atoms with Crippen molar-refractivity contribution in [2.75, 3.05) is 7.05 Å². The van der Waals surface area contributed by atoms with Gasteiger partial charge in [-0.2, -0.15) is 0 Å². The van der Waals surface area contributed by atoms with Crippen molar-refractivity contribution < 1.29 is 0 Å². The van der Waals surface area contributed by atoms with Crippen LogP contribution in [0.1, 0.15) is 51.1 Å². The van der Waals surface area contributed by atoms with Crippen LogP contribution in [0.25, 0.3) is 10.9 Å². The normalized spacial score (nSPS) is 14.3. The maximum absolute atomic E-state index is 4.48. The average Bonchev–Trinajstić information content (AvgIpc) is 2.51. The lowest BCUT2D eigenvalue weighted by Gasteiger charge is -2.27. The number of fused-ring (bicyclic) bond motifs is 1. The van der Waals surface area contributed by atoms with Gasteiger partial charge in [0.05, 0.1) is 5.52 Å². The third-order valence-corrected chi connectivity index (χ3v) is 4.25. The van der Waals surface area contributed by atoms with Crippen molar-refractivity contribution in [2.45, 2.75) is 45.6 Å². The highest BCUT2D eigenvalue weighted by atomic mass is 14.9. The number of pyridine rings is 1. The zero-order valence-corrected chi connectivity index (χ0v) is 12.9. The van der Waals surface area contributed by atoms with Crippen LogP contribution < -0.4 is 5.32 Å². The summed E-state index contributed by atoms with van der Waals surface area (Å²) in [5.74, 6) is 0.686. The molecule has 2 unspecified atom stereocenters. The predicted molar refractivity (Wildman–Crippen MR) is 86.8 cm³/mol. The van der Waals surface area contributed by atoms with Gasteiger partial charge in [-0.15, -0.1) is 0 Å². The highest BCUT2D eigenvalue weighted by Gasteiger charge is 2.21. The van der Waals surface area contributed by atoms with E-state index in [4.69, 9.17) is 0 Å². The van der Waals surface area contributed by atoms with Gasteiger partial charge < -0.3 is 5.32 Å².